The normalized spacial score (nSPS) is 10.5. The smallest absolute Gasteiger partial charge is 0.305 e. The van der Waals surface area contributed by atoms with Gasteiger partial charge in [0.05, 0.1) is 6.42 Å². The van der Waals surface area contributed by atoms with Crippen molar-refractivity contribution in [2.24, 2.45) is 0 Å². The van der Waals surface area contributed by atoms with Gasteiger partial charge in [0.25, 0.3) is 0 Å². The molecule has 0 spiro atoms. The van der Waals surface area contributed by atoms with Crippen molar-refractivity contribution in [2.75, 3.05) is 6.61 Å². The average Bonchev–Trinajstić information content (AvgIpc) is 2.63. The largest absolute Gasteiger partial charge is 0.481 e. The molecule has 0 saturated carbocycles. The van der Waals surface area contributed by atoms with Crippen LogP contribution >= 0.6 is 0 Å². The molecular formula is C9H15N3O3. The molecule has 0 aliphatic heterocycles. The fourth-order valence-electron chi connectivity index (χ4n) is 1.27. The lowest BCUT2D eigenvalue weighted by atomic mass is 10.2. The van der Waals surface area contributed by atoms with Gasteiger partial charge in [-0.2, -0.15) is 0 Å². The van der Waals surface area contributed by atoms with Crippen LogP contribution < -0.4 is 0 Å². The fourth-order valence-corrected chi connectivity index (χ4v) is 1.27. The first-order valence-corrected chi connectivity index (χ1v) is 4.93. The lowest BCUT2D eigenvalue weighted by molar-refractivity contribution is -0.137. The van der Waals surface area contributed by atoms with Crippen molar-refractivity contribution < 1.29 is 15.0 Å². The molecule has 0 radical (unpaired) electrons. The number of carboxylic acid groups (broad SMARTS) is 1. The topological polar surface area (TPSA) is 88.2 Å². The van der Waals surface area contributed by atoms with E-state index in [2.05, 4.69) is 10.2 Å². The molecule has 0 amide bonds. The molecular weight excluding hydrogens is 198 g/mol. The molecule has 15 heavy (non-hydrogen) atoms. The van der Waals surface area contributed by atoms with Crippen LogP contribution in [-0.2, 0) is 17.8 Å². The molecule has 0 aliphatic carbocycles. The SMILES string of the molecule is O=C(O)CCn1cnnc1CCCCO. The lowest BCUT2D eigenvalue weighted by Gasteiger charge is -2.03. The number of unbranched alkanes of at least 4 members (excludes halogenated alkanes) is 1. The van der Waals surface area contributed by atoms with Crippen LogP contribution in [0.15, 0.2) is 6.33 Å². The average molecular weight is 213 g/mol. The molecule has 84 valence electrons. The summed E-state index contributed by atoms with van der Waals surface area (Å²) in [5.74, 6) is -0.0466. The van der Waals surface area contributed by atoms with E-state index in [0.29, 0.717) is 6.54 Å². The van der Waals surface area contributed by atoms with Crippen molar-refractivity contribution in [3.63, 3.8) is 0 Å². The maximum absolute atomic E-state index is 10.4. The van der Waals surface area contributed by atoms with Gasteiger partial charge in [-0.15, -0.1) is 10.2 Å². The summed E-state index contributed by atoms with van der Waals surface area (Å²) in [5.41, 5.74) is 0. The first-order valence-electron chi connectivity index (χ1n) is 4.93. The van der Waals surface area contributed by atoms with E-state index in [9.17, 15) is 4.79 Å². The molecule has 0 aliphatic rings. The van der Waals surface area contributed by atoms with Gasteiger partial charge in [-0.05, 0) is 12.8 Å². The van der Waals surface area contributed by atoms with Gasteiger partial charge in [0, 0.05) is 19.6 Å². The number of carbonyl (C=O) groups is 1. The highest BCUT2D eigenvalue weighted by molar-refractivity contribution is 5.66. The van der Waals surface area contributed by atoms with Crippen molar-refractivity contribution in [3.8, 4) is 0 Å². The van der Waals surface area contributed by atoms with Crippen LogP contribution in [0.3, 0.4) is 0 Å². The van der Waals surface area contributed by atoms with Crippen LogP contribution in [-0.4, -0.2) is 37.6 Å². The molecule has 0 atom stereocenters. The standard InChI is InChI=1S/C9H15N3O3/c13-6-2-1-3-8-11-10-7-12(8)5-4-9(14)15/h7,13H,1-6H2,(H,14,15). The number of hydrogen-bond donors (Lipinski definition) is 2. The quantitative estimate of drug-likeness (QED) is 0.625. The molecule has 6 heteroatoms. The van der Waals surface area contributed by atoms with Crippen molar-refractivity contribution >= 4 is 5.97 Å². The minimum Gasteiger partial charge on any atom is -0.481 e. The number of aromatic nitrogens is 3. The number of carboxylic acids is 1. The van der Waals surface area contributed by atoms with E-state index in [1.54, 1.807) is 4.57 Å². The van der Waals surface area contributed by atoms with Crippen LogP contribution in [0.1, 0.15) is 25.1 Å². The van der Waals surface area contributed by atoms with E-state index >= 15 is 0 Å². The number of aliphatic hydroxyl groups excluding tert-OH is 1. The van der Waals surface area contributed by atoms with E-state index in [1.807, 2.05) is 0 Å². The van der Waals surface area contributed by atoms with Gasteiger partial charge < -0.3 is 14.8 Å². The number of nitrogens with zero attached hydrogens (tertiary/aromatic N) is 3. The van der Waals surface area contributed by atoms with Gasteiger partial charge in [-0.3, -0.25) is 4.79 Å². The van der Waals surface area contributed by atoms with Gasteiger partial charge in [-0.25, -0.2) is 0 Å². The molecule has 0 fully saturated rings. The zero-order valence-electron chi connectivity index (χ0n) is 8.46. The molecule has 0 unspecified atom stereocenters. The molecule has 1 rings (SSSR count). The van der Waals surface area contributed by atoms with E-state index in [0.717, 1.165) is 25.1 Å². The summed E-state index contributed by atoms with van der Waals surface area (Å²) in [5, 5.41) is 24.8. The second-order valence-corrected chi connectivity index (χ2v) is 3.27. The molecule has 0 saturated heterocycles. The second kappa shape index (κ2) is 6.13. The first kappa shape index (κ1) is 11.6. The first-order chi connectivity index (χ1) is 7.24. The van der Waals surface area contributed by atoms with Crippen LogP contribution in [0.4, 0.5) is 0 Å². The number of aryl methyl sites for hydroxylation is 2. The maximum atomic E-state index is 10.4. The molecule has 1 heterocycles. The van der Waals surface area contributed by atoms with Gasteiger partial charge in [0.15, 0.2) is 0 Å². The van der Waals surface area contributed by atoms with Crippen molar-refractivity contribution in [1.82, 2.24) is 14.8 Å². The highest BCUT2D eigenvalue weighted by Gasteiger charge is 2.05. The monoisotopic (exact) mass is 213 g/mol. The minimum absolute atomic E-state index is 0.0744. The third-order valence-corrected chi connectivity index (χ3v) is 2.07. The van der Waals surface area contributed by atoms with E-state index in [4.69, 9.17) is 10.2 Å². The number of aliphatic carboxylic acids is 1. The molecule has 6 nitrogen and oxygen atoms in total. The zero-order valence-corrected chi connectivity index (χ0v) is 8.46. The molecule has 1 aromatic rings. The Labute approximate surface area is 87.6 Å². The number of hydrogen-bond acceptors (Lipinski definition) is 4. The molecule has 0 bridgehead atoms. The van der Waals surface area contributed by atoms with E-state index in [1.165, 1.54) is 6.33 Å². The van der Waals surface area contributed by atoms with Crippen LogP contribution in [0.5, 0.6) is 0 Å². The van der Waals surface area contributed by atoms with Crippen LogP contribution in [0, 0.1) is 0 Å². The van der Waals surface area contributed by atoms with E-state index in [-0.39, 0.29) is 13.0 Å². The maximum Gasteiger partial charge on any atom is 0.305 e. The van der Waals surface area contributed by atoms with E-state index < -0.39 is 5.97 Å². The van der Waals surface area contributed by atoms with Crippen LogP contribution in [0.2, 0.25) is 0 Å². The van der Waals surface area contributed by atoms with Gasteiger partial charge in [0.2, 0.25) is 0 Å². The van der Waals surface area contributed by atoms with Crippen molar-refractivity contribution in [2.45, 2.75) is 32.2 Å². The third kappa shape index (κ3) is 4.07. The zero-order chi connectivity index (χ0) is 11.1. The fraction of sp³-hybridized carbons (Fsp3) is 0.667. The van der Waals surface area contributed by atoms with Gasteiger partial charge in [0.1, 0.15) is 12.2 Å². The van der Waals surface area contributed by atoms with Crippen molar-refractivity contribution in [1.29, 1.82) is 0 Å². The Morgan fingerprint density at radius 2 is 2.27 bits per heavy atom. The Kier molecular flexibility index (Phi) is 4.76. The Morgan fingerprint density at radius 1 is 1.47 bits per heavy atom. The second-order valence-electron chi connectivity index (χ2n) is 3.27. The van der Waals surface area contributed by atoms with Crippen LogP contribution in [0.25, 0.3) is 0 Å². The molecule has 2 N–H and O–H groups in total. The summed E-state index contributed by atoms with van der Waals surface area (Å²) in [6, 6.07) is 0. The Hall–Kier alpha value is -1.43. The van der Waals surface area contributed by atoms with Gasteiger partial charge >= 0.3 is 5.97 Å². The summed E-state index contributed by atoms with van der Waals surface area (Å²) in [7, 11) is 0. The van der Waals surface area contributed by atoms with Crippen molar-refractivity contribution in [3.05, 3.63) is 12.2 Å². The summed E-state index contributed by atoms with van der Waals surface area (Å²) >= 11 is 0. The summed E-state index contributed by atoms with van der Waals surface area (Å²) in [6.07, 6.45) is 3.90. The minimum atomic E-state index is -0.829. The Bertz CT molecular complexity index is 311. The Balaban J connectivity index is 2.42. The third-order valence-electron chi connectivity index (χ3n) is 2.07. The van der Waals surface area contributed by atoms with Gasteiger partial charge in [-0.1, -0.05) is 0 Å². The molecule has 0 aromatic carbocycles. The highest BCUT2D eigenvalue weighted by Crippen LogP contribution is 2.02. The summed E-state index contributed by atoms with van der Waals surface area (Å²) < 4.78 is 1.74. The lowest BCUT2D eigenvalue weighted by Crippen LogP contribution is -2.07. The summed E-state index contributed by atoms with van der Waals surface area (Å²) in [6.45, 7) is 0.569. The number of rotatable bonds is 7. The predicted octanol–water partition coefficient (Wildman–Crippen LogP) is 0.0678. The Morgan fingerprint density at radius 3 is 2.93 bits per heavy atom. The highest BCUT2D eigenvalue weighted by atomic mass is 16.4. The molecule has 1 aromatic heterocycles. The number of aliphatic hydroxyl groups is 1. The predicted molar refractivity (Wildman–Crippen MR) is 52.3 cm³/mol. The summed E-state index contributed by atoms with van der Waals surface area (Å²) in [4.78, 5) is 10.4.